The summed E-state index contributed by atoms with van der Waals surface area (Å²) in [5, 5.41) is 6.61. The first kappa shape index (κ1) is 19.0. The normalized spacial score (nSPS) is 10.9. The van der Waals surface area contributed by atoms with Crippen molar-refractivity contribution in [2.24, 2.45) is 4.99 Å². The molecule has 120 valence electrons. The van der Waals surface area contributed by atoms with Crippen molar-refractivity contribution < 1.29 is 0 Å². The van der Waals surface area contributed by atoms with Crippen LogP contribution in [0.15, 0.2) is 58.3 Å². The van der Waals surface area contributed by atoms with Crippen LogP contribution in [0.25, 0.3) is 0 Å². The highest BCUT2D eigenvalue weighted by Gasteiger charge is 1.98. The lowest BCUT2D eigenvalue weighted by atomic mass is 10.2. The number of halogens is 2. The Morgan fingerprint density at radius 3 is 2.45 bits per heavy atom. The largest absolute Gasteiger partial charge is 0.357 e. The fraction of sp³-hybridized carbons (Fsp3) is 0.312. The van der Waals surface area contributed by atoms with Gasteiger partial charge in [-0.15, -0.1) is 24.0 Å². The molecule has 2 rings (SSSR count). The Bertz CT molecular complexity index is 552. The monoisotopic (exact) mass is 476 g/mol. The summed E-state index contributed by atoms with van der Waals surface area (Å²) in [6, 6.07) is 12.3. The molecule has 0 aliphatic carbocycles. The van der Waals surface area contributed by atoms with E-state index < -0.39 is 0 Å². The quantitative estimate of drug-likeness (QED) is 0.379. The number of guanidine groups is 1. The zero-order valence-electron chi connectivity index (χ0n) is 12.6. The number of hydrogen-bond donors (Lipinski definition) is 2. The molecule has 1 aromatic carbocycles. The fourth-order valence-electron chi connectivity index (χ4n) is 1.92. The minimum Gasteiger partial charge on any atom is -0.357 e. The van der Waals surface area contributed by atoms with Crippen LogP contribution >= 0.6 is 39.9 Å². The van der Waals surface area contributed by atoms with Crippen molar-refractivity contribution in [3.63, 3.8) is 0 Å². The zero-order valence-corrected chi connectivity index (χ0v) is 16.5. The molecule has 0 atom stereocenters. The highest BCUT2D eigenvalue weighted by Crippen LogP contribution is 2.10. The number of nitrogens with one attached hydrogen (secondary N) is 2. The van der Waals surface area contributed by atoms with Gasteiger partial charge in [0.2, 0.25) is 0 Å². The fourth-order valence-corrected chi connectivity index (χ4v) is 2.19. The molecule has 1 aromatic heterocycles. The van der Waals surface area contributed by atoms with Crippen LogP contribution < -0.4 is 10.6 Å². The average molecular weight is 477 g/mol. The standard InChI is InChI=1S/C16H21BrN4.HI/c1-2-18-16(19-9-12-21-10-3-4-11-21)20-13-14-5-7-15(17)8-6-14;/h3-8,10-11H,2,9,12-13H2,1H3,(H2,18,19,20);1H. The van der Waals surface area contributed by atoms with E-state index in [9.17, 15) is 0 Å². The van der Waals surface area contributed by atoms with Gasteiger partial charge in [-0.05, 0) is 36.8 Å². The average Bonchev–Trinajstić information content (AvgIpc) is 3.00. The van der Waals surface area contributed by atoms with E-state index in [1.54, 1.807) is 0 Å². The highest BCUT2D eigenvalue weighted by atomic mass is 127. The molecular formula is C16H22BrIN4. The Balaban J connectivity index is 0.00000242. The minimum absolute atomic E-state index is 0. The van der Waals surface area contributed by atoms with Crippen LogP contribution in [-0.2, 0) is 13.1 Å². The number of aliphatic imine (C=N–C) groups is 1. The zero-order chi connectivity index (χ0) is 14.9. The highest BCUT2D eigenvalue weighted by molar-refractivity contribution is 14.0. The van der Waals surface area contributed by atoms with Crippen LogP contribution in [0.4, 0.5) is 0 Å². The predicted molar refractivity (Wildman–Crippen MR) is 107 cm³/mol. The van der Waals surface area contributed by atoms with Gasteiger partial charge in [-0.2, -0.15) is 0 Å². The van der Waals surface area contributed by atoms with E-state index >= 15 is 0 Å². The van der Waals surface area contributed by atoms with E-state index in [-0.39, 0.29) is 24.0 Å². The number of benzene rings is 1. The van der Waals surface area contributed by atoms with Gasteiger partial charge in [0.1, 0.15) is 0 Å². The van der Waals surface area contributed by atoms with Crippen LogP contribution in [0.5, 0.6) is 0 Å². The third kappa shape index (κ3) is 6.83. The Labute approximate surface area is 157 Å². The van der Waals surface area contributed by atoms with Crippen LogP contribution in [0.2, 0.25) is 0 Å². The van der Waals surface area contributed by atoms with Gasteiger partial charge < -0.3 is 15.2 Å². The second-order valence-corrected chi connectivity index (χ2v) is 5.58. The molecule has 0 fully saturated rings. The molecule has 0 saturated carbocycles. The number of rotatable bonds is 6. The summed E-state index contributed by atoms with van der Waals surface area (Å²) in [5.41, 5.74) is 1.20. The van der Waals surface area contributed by atoms with Gasteiger partial charge in [-0.25, -0.2) is 4.99 Å². The van der Waals surface area contributed by atoms with Gasteiger partial charge in [-0.3, -0.25) is 0 Å². The predicted octanol–water partition coefficient (Wildman–Crippen LogP) is 3.62. The number of aromatic nitrogens is 1. The van der Waals surface area contributed by atoms with E-state index in [1.807, 2.05) is 24.3 Å². The van der Waals surface area contributed by atoms with Gasteiger partial charge >= 0.3 is 0 Å². The minimum atomic E-state index is 0. The third-order valence-electron chi connectivity index (χ3n) is 3.01. The van der Waals surface area contributed by atoms with E-state index in [0.29, 0.717) is 6.54 Å². The van der Waals surface area contributed by atoms with Crippen molar-refractivity contribution in [3.05, 3.63) is 58.8 Å². The van der Waals surface area contributed by atoms with Gasteiger partial charge in [-0.1, -0.05) is 28.1 Å². The van der Waals surface area contributed by atoms with Gasteiger partial charge in [0, 0.05) is 36.5 Å². The van der Waals surface area contributed by atoms with Crippen molar-refractivity contribution in [3.8, 4) is 0 Å². The number of hydrogen-bond acceptors (Lipinski definition) is 1. The lowest BCUT2D eigenvalue weighted by molar-refractivity contribution is 0.666. The summed E-state index contributed by atoms with van der Waals surface area (Å²) in [6.07, 6.45) is 4.13. The Hall–Kier alpha value is -1.02. The van der Waals surface area contributed by atoms with Crippen molar-refractivity contribution in [1.29, 1.82) is 0 Å². The lowest BCUT2D eigenvalue weighted by Crippen LogP contribution is -2.38. The molecule has 0 unspecified atom stereocenters. The van der Waals surface area contributed by atoms with Gasteiger partial charge in [0.05, 0.1) is 6.54 Å². The molecule has 0 amide bonds. The van der Waals surface area contributed by atoms with Crippen LogP contribution in [0.3, 0.4) is 0 Å². The van der Waals surface area contributed by atoms with E-state index in [1.165, 1.54) is 5.56 Å². The Morgan fingerprint density at radius 2 is 1.82 bits per heavy atom. The molecule has 2 N–H and O–H groups in total. The summed E-state index contributed by atoms with van der Waals surface area (Å²) >= 11 is 3.44. The van der Waals surface area contributed by atoms with E-state index in [4.69, 9.17) is 0 Å². The Kier molecular flexibility index (Phi) is 9.22. The summed E-state index contributed by atoms with van der Waals surface area (Å²) < 4.78 is 3.23. The summed E-state index contributed by atoms with van der Waals surface area (Å²) in [6.45, 7) is 5.38. The molecule has 0 bridgehead atoms. The molecule has 0 aliphatic rings. The molecule has 0 saturated heterocycles. The maximum Gasteiger partial charge on any atom is 0.191 e. The molecule has 0 radical (unpaired) electrons. The molecule has 0 spiro atoms. The second kappa shape index (κ2) is 10.7. The lowest BCUT2D eigenvalue weighted by Gasteiger charge is -2.11. The molecule has 1 heterocycles. The first-order chi connectivity index (χ1) is 10.3. The van der Waals surface area contributed by atoms with Crippen molar-refractivity contribution in [1.82, 2.24) is 15.2 Å². The van der Waals surface area contributed by atoms with E-state index in [2.05, 4.69) is 67.6 Å². The van der Waals surface area contributed by atoms with Crippen LogP contribution in [0, 0.1) is 0 Å². The van der Waals surface area contributed by atoms with Crippen molar-refractivity contribution in [2.75, 3.05) is 13.1 Å². The first-order valence-electron chi connectivity index (χ1n) is 7.15. The summed E-state index contributed by atoms with van der Waals surface area (Å²) in [7, 11) is 0. The molecule has 6 heteroatoms. The molecular weight excluding hydrogens is 455 g/mol. The molecule has 4 nitrogen and oxygen atoms in total. The maximum absolute atomic E-state index is 4.60. The summed E-state index contributed by atoms with van der Waals surface area (Å²) in [4.78, 5) is 4.60. The van der Waals surface area contributed by atoms with Crippen molar-refractivity contribution >= 4 is 45.9 Å². The van der Waals surface area contributed by atoms with Crippen LogP contribution in [-0.4, -0.2) is 23.6 Å². The SMILES string of the molecule is CCNC(=NCc1ccc(Br)cc1)NCCn1cccc1.I. The molecule has 22 heavy (non-hydrogen) atoms. The summed E-state index contributed by atoms with van der Waals surface area (Å²) in [5.74, 6) is 0.854. The third-order valence-corrected chi connectivity index (χ3v) is 3.53. The van der Waals surface area contributed by atoms with Crippen LogP contribution in [0.1, 0.15) is 12.5 Å². The smallest absolute Gasteiger partial charge is 0.191 e. The topological polar surface area (TPSA) is 41.4 Å². The maximum atomic E-state index is 4.60. The second-order valence-electron chi connectivity index (χ2n) is 4.67. The molecule has 2 aromatic rings. The Morgan fingerprint density at radius 1 is 1.14 bits per heavy atom. The molecule has 0 aliphatic heterocycles. The van der Waals surface area contributed by atoms with Crippen molar-refractivity contribution in [2.45, 2.75) is 20.0 Å². The van der Waals surface area contributed by atoms with Gasteiger partial charge in [0.25, 0.3) is 0 Å². The number of nitrogens with zero attached hydrogens (tertiary/aromatic N) is 2. The van der Waals surface area contributed by atoms with Gasteiger partial charge in [0.15, 0.2) is 5.96 Å². The van der Waals surface area contributed by atoms with E-state index in [0.717, 1.165) is 30.1 Å². The first-order valence-corrected chi connectivity index (χ1v) is 7.94.